The standard InChI is InChI=1S/C17H18BrN5S2/c18-16-6-5-13(25-16)11-21-7-9-22(10-8-21)12-23-17(24)14-3-1-2-4-15(14)19-20-23/h1-6H,7-12H2. The minimum absolute atomic E-state index is 0.703. The first-order valence-corrected chi connectivity index (χ1v) is 10.2. The molecule has 0 atom stereocenters. The molecule has 4 rings (SSSR count). The van der Waals surface area contributed by atoms with Crippen molar-refractivity contribution in [2.24, 2.45) is 0 Å². The molecule has 5 nitrogen and oxygen atoms in total. The molecule has 1 aliphatic rings. The molecule has 0 amide bonds. The number of halogens is 1. The summed E-state index contributed by atoms with van der Waals surface area (Å²) < 4.78 is 3.80. The van der Waals surface area contributed by atoms with Crippen molar-refractivity contribution in [1.82, 2.24) is 24.8 Å². The second kappa shape index (κ2) is 7.59. The van der Waals surface area contributed by atoms with E-state index in [4.69, 9.17) is 12.2 Å². The lowest BCUT2D eigenvalue weighted by atomic mass is 10.2. The summed E-state index contributed by atoms with van der Waals surface area (Å²) in [6.45, 7) is 5.88. The summed E-state index contributed by atoms with van der Waals surface area (Å²) in [6, 6.07) is 12.2. The fraction of sp³-hybridized carbons (Fsp3) is 0.353. The summed E-state index contributed by atoms with van der Waals surface area (Å²) in [4.78, 5) is 6.29. The zero-order valence-corrected chi connectivity index (χ0v) is 16.9. The molecule has 2 aromatic heterocycles. The van der Waals surface area contributed by atoms with Crippen molar-refractivity contribution in [1.29, 1.82) is 0 Å². The minimum atomic E-state index is 0.703. The van der Waals surface area contributed by atoms with E-state index < -0.39 is 0 Å². The lowest BCUT2D eigenvalue weighted by Gasteiger charge is -2.34. The van der Waals surface area contributed by atoms with Gasteiger partial charge in [0.15, 0.2) is 0 Å². The predicted octanol–water partition coefficient (Wildman–Crippen LogP) is 3.76. The van der Waals surface area contributed by atoms with E-state index in [0.717, 1.165) is 48.3 Å². The molecule has 0 bridgehead atoms. The van der Waals surface area contributed by atoms with Crippen LogP contribution in [0.25, 0.3) is 10.9 Å². The topological polar surface area (TPSA) is 37.2 Å². The quantitative estimate of drug-likeness (QED) is 0.583. The fourth-order valence-corrected chi connectivity index (χ4v) is 4.84. The number of fused-ring (bicyclic) bond motifs is 1. The van der Waals surface area contributed by atoms with Gasteiger partial charge in [0.25, 0.3) is 0 Å². The molecule has 1 aromatic carbocycles. The second-order valence-electron chi connectivity index (χ2n) is 6.15. The van der Waals surface area contributed by atoms with Crippen molar-refractivity contribution >= 4 is 50.4 Å². The van der Waals surface area contributed by atoms with Crippen LogP contribution < -0.4 is 0 Å². The lowest BCUT2D eigenvalue weighted by Crippen LogP contribution is -2.46. The van der Waals surface area contributed by atoms with E-state index >= 15 is 0 Å². The van der Waals surface area contributed by atoms with E-state index in [2.05, 4.69) is 48.2 Å². The minimum Gasteiger partial charge on any atom is -0.296 e. The molecule has 0 spiro atoms. The van der Waals surface area contributed by atoms with Gasteiger partial charge in [0.05, 0.1) is 16.0 Å². The smallest absolute Gasteiger partial charge is 0.135 e. The average Bonchev–Trinajstić information content (AvgIpc) is 3.04. The van der Waals surface area contributed by atoms with E-state index in [-0.39, 0.29) is 0 Å². The Morgan fingerprint density at radius 2 is 1.80 bits per heavy atom. The first kappa shape index (κ1) is 17.2. The normalized spacial score (nSPS) is 16.5. The first-order valence-electron chi connectivity index (χ1n) is 8.20. The Balaban J connectivity index is 1.39. The highest BCUT2D eigenvalue weighted by Crippen LogP contribution is 2.23. The van der Waals surface area contributed by atoms with Crippen molar-refractivity contribution in [2.45, 2.75) is 13.2 Å². The zero-order valence-electron chi connectivity index (χ0n) is 13.6. The molecule has 3 heterocycles. The molecule has 130 valence electrons. The highest BCUT2D eigenvalue weighted by atomic mass is 79.9. The van der Waals surface area contributed by atoms with Crippen LogP contribution in [0.3, 0.4) is 0 Å². The van der Waals surface area contributed by atoms with Gasteiger partial charge in [-0.25, -0.2) is 4.68 Å². The van der Waals surface area contributed by atoms with Crippen molar-refractivity contribution < 1.29 is 0 Å². The third kappa shape index (κ3) is 3.98. The van der Waals surface area contributed by atoms with E-state index in [1.54, 1.807) is 0 Å². The molecule has 3 aromatic rings. The molecule has 0 N–H and O–H groups in total. The zero-order chi connectivity index (χ0) is 17.2. The molecule has 0 unspecified atom stereocenters. The van der Waals surface area contributed by atoms with Gasteiger partial charge >= 0.3 is 0 Å². The van der Waals surface area contributed by atoms with Crippen molar-refractivity contribution in [3.05, 3.63) is 49.7 Å². The molecule has 1 aliphatic heterocycles. The average molecular weight is 436 g/mol. The van der Waals surface area contributed by atoms with Gasteiger partial charge in [-0.2, -0.15) is 0 Å². The molecule has 1 saturated heterocycles. The maximum absolute atomic E-state index is 5.59. The number of hydrogen-bond acceptors (Lipinski definition) is 6. The highest BCUT2D eigenvalue weighted by molar-refractivity contribution is 9.11. The van der Waals surface area contributed by atoms with Crippen LogP contribution in [0.1, 0.15) is 4.88 Å². The molecule has 0 radical (unpaired) electrons. The number of piperazine rings is 1. The number of hydrogen-bond donors (Lipinski definition) is 0. The van der Waals surface area contributed by atoms with Crippen LogP contribution in [0, 0.1) is 4.64 Å². The summed E-state index contributed by atoms with van der Waals surface area (Å²) in [6.07, 6.45) is 0. The Labute approximate surface area is 164 Å². The maximum Gasteiger partial charge on any atom is 0.135 e. The Morgan fingerprint density at radius 1 is 1.04 bits per heavy atom. The molecular formula is C17H18BrN5S2. The molecular weight excluding hydrogens is 418 g/mol. The van der Waals surface area contributed by atoms with Crippen LogP contribution in [-0.2, 0) is 13.2 Å². The number of rotatable bonds is 4. The van der Waals surface area contributed by atoms with Gasteiger partial charge in [-0.3, -0.25) is 9.80 Å². The van der Waals surface area contributed by atoms with Gasteiger partial charge in [0.2, 0.25) is 0 Å². The monoisotopic (exact) mass is 435 g/mol. The summed E-state index contributed by atoms with van der Waals surface area (Å²) in [5.41, 5.74) is 0.857. The second-order valence-corrected chi connectivity index (χ2v) is 9.09. The Bertz CT molecular complexity index is 930. The highest BCUT2D eigenvalue weighted by Gasteiger charge is 2.18. The molecule has 1 fully saturated rings. The lowest BCUT2D eigenvalue weighted by molar-refractivity contribution is 0.0974. The summed E-state index contributed by atoms with van der Waals surface area (Å²) in [7, 11) is 0. The van der Waals surface area contributed by atoms with Crippen LogP contribution in [0.4, 0.5) is 0 Å². The fourth-order valence-electron chi connectivity index (χ4n) is 3.05. The van der Waals surface area contributed by atoms with E-state index in [9.17, 15) is 0 Å². The van der Waals surface area contributed by atoms with Crippen LogP contribution >= 0.6 is 39.5 Å². The van der Waals surface area contributed by atoms with Crippen LogP contribution in [0.15, 0.2) is 40.2 Å². The number of thiophene rings is 1. The third-order valence-electron chi connectivity index (χ3n) is 4.44. The van der Waals surface area contributed by atoms with Crippen molar-refractivity contribution in [3.63, 3.8) is 0 Å². The summed E-state index contributed by atoms with van der Waals surface area (Å²) >= 11 is 10.9. The summed E-state index contributed by atoms with van der Waals surface area (Å²) in [5, 5.41) is 9.58. The molecule has 0 aliphatic carbocycles. The van der Waals surface area contributed by atoms with E-state index in [0.29, 0.717) is 6.67 Å². The van der Waals surface area contributed by atoms with Crippen molar-refractivity contribution in [3.8, 4) is 0 Å². The Morgan fingerprint density at radius 3 is 2.56 bits per heavy atom. The number of nitrogens with zero attached hydrogens (tertiary/aromatic N) is 5. The third-order valence-corrected chi connectivity index (χ3v) is 6.48. The Kier molecular flexibility index (Phi) is 5.23. The predicted molar refractivity (Wildman–Crippen MR) is 107 cm³/mol. The largest absolute Gasteiger partial charge is 0.296 e. The number of benzene rings is 1. The van der Waals surface area contributed by atoms with Gasteiger partial charge in [-0.15, -0.1) is 16.4 Å². The van der Waals surface area contributed by atoms with Crippen LogP contribution in [0.2, 0.25) is 0 Å². The molecule has 0 saturated carbocycles. The van der Waals surface area contributed by atoms with Crippen LogP contribution in [0.5, 0.6) is 0 Å². The first-order chi connectivity index (χ1) is 12.2. The van der Waals surface area contributed by atoms with Gasteiger partial charge in [-0.1, -0.05) is 29.6 Å². The molecule has 8 heteroatoms. The van der Waals surface area contributed by atoms with Crippen molar-refractivity contribution in [2.75, 3.05) is 26.2 Å². The van der Waals surface area contributed by atoms with Gasteiger partial charge in [0, 0.05) is 43.0 Å². The van der Waals surface area contributed by atoms with Gasteiger partial charge in [0.1, 0.15) is 4.64 Å². The Hall–Kier alpha value is -1.19. The summed E-state index contributed by atoms with van der Waals surface area (Å²) in [5.74, 6) is 0. The number of aromatic nitrogens is 3. The van der Waals surface area contributed by atoms with Gasteiger partial charge < -0.3 is 0 Å². The molecule has 25 heavy (non-hydrogen) atoms. The van der Waals surface area contributed by atoms with Gasteiger partial charge in [-0.05, 0) is 40.2 Å². The SMILES string of the molecule is S=c1c2ccccc2nnn1CN1CCN(Cc2ccc(Br)s2)CC1. The van der Waals surface area contributed by atoms with E-state index in [1.165, 1.54) is 8.66 Å². The van der Waals surface area contributed by atoms with E-state index in [1.807, 2.05) is 40.3 Å². The maximum atomic E-state index is 5.59. The van der Waals surface area contributed by atoms with Crippen LogP contribution in [-0.4, -0.2) is 51.0 Å².